The molecule has 1 rings (SSSR count). The minimum Gasteiger partial charge on any atom is -0.380 e. The number of nitrogens with one attached hydrogen (secondary N) is 1. The predicted molar refractivity (Wildman–Crippen MR) is 58.8 cm³/mol. The highest BCUT2D eigenvalue weighted by molar-refractivity contribution is 6.04. The maximum absolute atomic E-state index is 11.9. The summed E-state index contributed by atoms with van der Waals surface area (Å²) in [7, 11) is 1.46. The molecule has 0 aliphatic carbocycles. The van der Waals surface area contributed by atoms with Crippen molar-refractivity contribution < 1.29 is 19.1 Å². The summed E-state index contributed by atoms with van der Waals surface area (Å²) in [6, 6.07) is -0.643. The van der Waals surface area contributed by atoms with Crippen molar-refractivity contribution in [3.05, 3.63) is 0 Å². The van der Waals surface area contributed by atoms with Gasteiger partial charge in [0.25, 0.3) is 0 Å². The van der Waals surface area contributed by atoms with Crippen molar-refractivity contribution >= 4 is 17.7 Å². The fourth-order valence-corrected chi connectivity index (χ4v) is 1.59. The Morgan fingerprint density at radius 3 is 2.82 bits per heavy atom. The fourth-order valence-electron chi connectivity index (χ4n) is 1.59. The van der Waals surface area contributed by atoms with Gasteiger partial charge in [-0.3, -0.25) is 19.7 Å². The van der Waals surface area contributed by atoms with E-state index in [1.807, 2.05) is 0 Å². The van der Waals surface area contributed by atoms with Gasteiger partial charge in [0.15, 0.2) is 0 Å². The van der Waals surface area contributed by atoms with Crippen LogP contribution in [-0.2, 0) is 19.1 Å². The molecule has 7 nitrogen and oxygen atoms in total. The summed E-state index contributed by atoms with van der Waals surface area (Å²) in [5.41, 5.74) is 5.41. The van der Waals surface area contributed by atoms with Gasteiger partial charge in [0.2, 0.25) is 17.7 Å². The lowest BCUT2D eigenvalue weighted by Crippen LogP contribution is -2.59. The third kappa shape index (κ3) is 3.24. The molecule has 2 atom stereocenters. The van der Waals surface area contributed by atoms with Crippen molar-refractivity contribution in [2.24, 2.45) is 5.73 Å². The minimum atomic E-state index is -0.643. The molecule has 0 aromatic rings. The van der Waals surface area contributed by atoms with Crippen molar-refractivity contribution in [3.63, 3.8) is 0 Å². The lowest BCUT2D eigenvalue weighted by molar-refractivity contribution is -0.150. The third-order valence-corrected chi connectivity index (χ3v) is 2.74. The number of ether oxygens (including phenoxy) is 1. The highest BCUT2D eigenvalue weighted by atomic mass is 16.5. The van der Waals surface area contributed by atoms with Crippen molar-refractivity contribution in [1.29, 1.82) is 0 Å². The topological polar surface area (TPSA) is 102 Å². The average molecular weight is 243 g/mol. The van der Waals surface area contributed by atoms with Crippen LogP contribution in [-0.4, -0.2) is 55.0 Å². The molecule has 0 spiro atoms. The number of hydrogen-bond donors (Lipinski definition) is 2. The number of carbonyl (C=O) groups is 3. The molecule has 3 N–H and O–H groups in total. The molecule has 17 heavy (non-hydrogen) atoms. The highest BCUT2D eigenvalue weighted by Gasteiger charge is 2.33. The Bertz CT molecular complexity index is 328. The Hall–Kier alpha value is -1.47. The number of imide groups is 1. The van der Waals surface area contributed by atoms with Crippen LogP contribution in [0.3, 0.4) is 0 Å². The molecule has 0 aromatic carbocycles. The average Bonchev–Trinajstić information content (AvgIpc) is 2.30. The highest BCUT2D eigenvalue weighted by Crippen LogP contribution is 2.09. The first-order chi connectivity index (χ1) is 7.99. The quantitative estimate of drug-likeness (QED) is 0.569. The number of rotatable bonds is 4. The maximum Gasteiger partial charge on any atom is 0.249 e. The molecule has 96 valence electrons. The van der Waals surface area contributed by atoms with E-state index >= 15 is 0 Å². The molecule has 1 aliphatic heterocycles. The number of methoxy groups -OCH3 is 1. The van der Waals surface area contributed by atoms with Crippen LogP contribution in [0, 0.1) is 0 Å². The van der Waals surface area contributed by atoms with Crippen LogP contribution in [0.5, 0.6) is 0 Å². The summed E-state index contributed by atoms with van der Waals surface area (Å²) in [6.45, 7) is 1.68. The van der Waals surface area contributed by atoms with Gasteiger partial charge in [-0.25, -0.2) is 0 Å². The zero-order valence-corrected chi connectivity index (χ0v) is 9.93. The summed E-state index contributed by atoms with van der Waals surface area (Å²) in [6.07, 6.45) is -0.326. The van der Waals surface area contributed by atoms with Gasteiger partial charge in [0.05, 0.1) is 12.5 Å². The largest absolute Gasteiger partial charge is 0.380 e. The van der Waals surface area contributed by atoms with Gasteiger partial charge >= 0.3 is 0 Å². The number of carbonyl (C=O) groups excluding carboxylic acids is 3. The normalized spacial score (nSPS) is 22.3. The first-order valence-corrected chi connectivity index (χ1v) is 5.35. The SMILES string of the molecule is COC(CN)CC(=O)N1CC(=O)NC(=O)C1C. The summed E-state index contributed by atoms with van der Waals surface area (Å²) < 4.78 is 4.99. The van der Waals surface area contributed by atoms with Gasteiger partial charge in [-0.1, -0.05) is 0 Å². The van der Waals surface area contributed by atoms with Crippen LogP contribution in [0.1, 0.15) is 13.3 Å². The fraction of sp³-hybridized carbons (Fsp3) is 0.700. The van der Waals surface area contributed by atoms with Crippen molar-refractivity contribution in [2.45, 2.75) is 25.5 Å². The van der Waals surface area contributed by atoms with Gasteiger partial charge in [-0.15, -0.1) is 0 Å². The lowest BCUT2D eigenvalue weighted by Gasteiger charge is -2.32. The molecule has 0 radical (unpaired) electrons. The van der Waals surface area contributed by atoms with Crippen LogP contribution in [0.2, 0.25) is 0 Å². The zero-order valence-electron chi connectivity index (χ0n) is 9.93. The molecule has 0 aromatic heterocycles. The molecule has 1 aliphatic rings. The predicted octanol–water partition coefficient (Wildman–Crippen LogP) is -1.78. The smallest absolute Gasteiger partial charge is 0.249 e. The number of piperazine rings is 1. The van der Waals surface area contributed by atoms with Crippen LogP contribution >= 0.6 is 0 Å². The summed E-state index contributed by atoms with van der Waals surface area (Å²) in [5.74, 6) is -1.24. The van der Waals surface area contributed by atoms with Gasteiger partial charge in [-0.05, 0) is 6.92 Å². The van der Waals surface area contributed by atoms with Crippen LogP contribution in [0.15, 0.2) is 0 Å². The second kappa shape index (κ2) is 5.74. The minimum absolute atomic E-state index is 0.0674. The molecule has 0 bridgehead atoms. The standard InChI is InChI=1S/C10H17N3O4/c1-6-10(16)12-8(14)5-13(6)9(15)3-7(4-11)17-2/h6-7H,3-5,11H2,1-2H3,(H,12,14,16). The first-order valence-electron chi connectivity index (χ1n) is 5.35. The lowest BCUT2D eigenvalue weighted by atomic mass is 10.1. The molecule has 1 fully saturated rings. The monoisotopic (exact) mass is 243 g/mol. The second-order valence-corrected chi connectivity index (χ2v) is 3.91. The van der Waals surface area contributed by atoms with Crippen LogP contribution in [0.25, 0.3) is 0 Å². The van der Waals surface area contributed by atoms with Crippen molar-refractivity contribution in [3.8, 4) is 0 Å². The molecular formula is C10H17N3O4. The number of hydrogen-bond acceptors (Lipinski definition) is 5. The van der Waals surface area contributed by atoms with Gasteiger partial charge in [0, 0.05) is 13.7 Å². The Morgan fingerprint density at radius 1 is 1.65 bits per heavy atom. The van der Waals surface area contributed by atoms with Gasteiger partial charge < -0.3 is 15.4 Å². The molecule has 2 unspecified atom stereocenters. The Kier molecular flexibility index (Phi) is 4.59. The van der Waals surface area contributed by atoms with E-state index in [1.165, 1.54) is 12.0 Å². The Labute approximate surface area is 99.3 Å². The van der Waals surface area contributed by atoms with E-state index in [0.717, 1.165) is 0 Å². The zero-order chi connectivity index (χ0) is 13.0. The summed E-state index contributed by atoms with van der Waals surface area (Å²) in [5, 5.41) is 2.17. The summed E-state index contributed by atoms with van der Waals surface area (Å²) in [4.78, 5) is 35.7. The number of nitrogens with two attached hydrogens (primary N) is 1. The molecule has 1 saturated heterocycles. The van der Waals surface area contributed by atoms with E-state index < -0.39 is 24.0 Å². The van der Waals surface area contributed by atoms with E-state index in [4.69, 9.17) is 10.5 Å². The molecule has 3 amide bonds. The third-order valence-electron chi connectivity index (χ3n) is 2.74. The molecular weight excluding hydrogens is 226 g/mol. The van der Waals surface area contributed by atoms with E-state index in [0.29, 0.717) is 0 Å². The number of amides is 3. The Morgan fingerprint density at radius 2 is 2.29 bits per heavy atom. The van der Waals surface area contributed by atoms with E-state index in [2.05, 4.69) is 5.32 Å². The van der Waals surface area contributed by atoms with Crippen LogP contribution in [0.4, 0.5) is 0 Å². The second-order valence-electron chi connectivity index (χ2n) is 3.91. The van der Waals surface area contributed by atoms with Crippen LogP contribution < -0.4 is 11.1 Å². The van der Waals surface area contributed by atoms with Crippen molar-refractivity contribution in [2.75, 3.05) is 20.2 Å². The number of nitrogens with zero attached hydrogens (tertiary/aromatic N) is 1. The van der Waals surface area contributed by atoms with E-state index in [1.54, 1.807) is 6.92 Å². The molecule has 7 heteroatoms. The molecule has 0 saturated carbocycles. The molecule has 1 heterocycles. The maximum atomic E-state index is 11.9. The van der Waals surface area contributed by atoms with E-state index in [-0.39, 0.29) is 25.4 Å². The summed E-state index contributed by atoms with van der Waals surface area (Å²) >= 11 is 0. The Balaban J connectivity index is 2.67. The van der Waals surface area contributed by atoms with Gasteiger partial charge in [0.1, 0.15) is 12.6 Å². The first kappa shape index (κ1) is 13.6. The van der Waals surface area contributed by atoms with Gasteiger partial charge in [-0.2, -0.15) is 0 Å². The van der Waals surface area contributed by atoms with E-state index in [9.17, 15) is 14.4 Å². The van der Waals surface area contributed by atoms with Crippen molar-refractivity contribution in [1.82, 2.24) is 10.2 Å².